The molecule has 4 fully saturated rings. The lowest BCUT2D eigenvalue weighted by atomic mass is 9.76. The highest BCUT2D eigenvalue weighted by molar-refractivity contribution is 5.92. The Morgan fingerprint density at radius 3 is 2.64 bits per heavy atom. The number of nitrogens with zero attached hydrogens (tertiary/aromatic N) is 5. The molecule has 42 heavy (non-hydrogen) atoms. The van der Waals surface area contributed by atoms with Gasteiger partial charge in [0.2, 0.25) is 0 Å². The lowest BCUT2D eigenvalue weighted by Crippen LogP contribution is -2.50. The summed E-state index contributed by atoms with van der Waals surface area (Å²) in [6.07, 6.45) is 12.1. The topological polar surface area (TPSA) is 94.8 Å². The number of aliphatic hydroxyl groups is 1. The molecular weight excluding hydrogens is 533 g/mol. The molecule has 2 aliphatic heterocycles. The van der Waals surface area contributed by atoms with Crippen molar-refractivity contribution in [1.82, 2.24) is 19.9 Å². The number of benzene rings is 1. The van der Waals surface area contributed by atoms with Crippen LogP contribution in [0.15, 0.2) is 24.4 Å². The zero-order valence-electron chi connectivity index (χ0n) is 24.8. The molecule has 9 heteroatoms. The molecule has 3 atom stereocenters. The maximum Gasteiger partial charge on any atom is 0.319 e. The van der Waals surface area contributed by atoms with E-state index in [1.54, 1.807) is 18.3 Å². The predicted octanol–water partition coefficient (Wildman–Crippen LogP) is 5.80. The van der Waals surface area contributed by atoms with Gasteiger partial charge in [0.1, 0.15) is 22.8 Å². The fourth-order valence-electron chi connectivity index (χ4n) is 8.13. The fourth-order valence-corrected chi connectivity index (χ4v) is 8.13. The summed E-state index contributed by atoms with van der Waals surface area (Å²) in [6.45, 7) is 4.52. The molecule has 2 N–H and O–H groups in total. The van der Waals surface area contributed by atoms with E-state index in [0.717, 1.165) is 57.1 Å². The summed E-state index contributed by atoms with van der Waals surface area (Å²) in [7, 11) is 2.21. The number of aromatic nitrogens is 3. The molecule has 1 aromatic carbocycles. The zero-order chi connectivity index (χ0) is 29.1. The van der Waals surface area contributed by atoms with E-state index in [-0.39, 0.29) is 28.4 Å². The minimum absolute atomic E-state index is 0.0570. The third-order valence-electron chi connectivity index (χ3n) is 10.5. The van der Waals surface area contributed by atoms with Crippen LogP contribution in [0.1, 0.15) is 82.6 Å². The molecule has 0 radical (unpaired) electrons. The van der Waals surface area contributed by atoms with E-state index >= 15 is 4.39 Å². The largest absolute Gasteiger partial charge is 0.508 e. The molecule has 2 saturated carbocycles. The van der Waals surface area contributed by atoms with Crippen LogP contribution in [0.3, 0.4) is 0 Å². The van der Waals surface area contributed by atoms with Gasteiger partial charge >= 0.3 is 6.01 Å². The van der Waals surface area contributed by atoms with Crippen molar-refractivity contribution in [1.29, 1.82) is 0 Å². The molecule has 2 saturated heterocycles. The Kier molecular flexibility index (Phi) is 7.01. The first kappa shape index (κ1) is 27.8. The molecule has 4 aliphatic rings. The van der Waals surface area contributed by atoms with Crippen molar-refractivity contribution in [3.63, 3.8) is 0 Å². The fraction of sp³-hybridized carbons (Fsp3) is 0.606. The number of likely N-dealkylation sites (tertiary alicyclic amines) is 1. The molecule has 3 aromatic rings. The van der Waals surface area contributed by atoms with Crippen LogP contribution in [0.2, 0.25) is 0 Å². The molecule has 0 bridgehead atoms. The van der Waals surface area contributed by atoms with E-state index in [2.05, 4.69) is 21.9 Å². The van der Waals surface area contributed by atoms with Crippen LogP contribution in [-0.2, 0) is 0 Å². The second kappa shape index (κ2) is 10.6. The third-order valence-corrected chi connectivity index (χ3v) is 10.5. The zero-order valence-corrected chi connectivity index (χ0v) is 24.8. The number of piperidine rings is 2. The second-order valence-electron chi connectivity index (χ2n) is 13.6. The average Bonchev–Trinajstić information content (AvgIpc) is 3.37. The SMILES string of the molecule is CN1CCC[C@@]2(COc3nc(N4CCC[C@@](C)(O)C4)c4cnc(-c5cc(O)ccc5C5CCC5)c(F)c4n3)CCC[C@@H]12. The number of aromatic hydroxyl groups is 1. The van der Waals surface area contributed by atoms with Gasteiger partial charge in [0.25, 0.3) is 0 Å². The minimum atomic E-state index is -0.871. The van der Waals surface area contributed by atoms with Gasteiger partial charge in [0.15, 0.2) is 5.82 Å². The molecule has 224 valence electrons. The Morgan fingerprint density at radius 2 is 1.86 bits per heavy atom. The van der Waals surface area contributed by atoms with Crippen LogP contribution in [0.5, 0.6) is 11.8 Å². The highest BCUT2D eigenvalue weighted by Crippen LogP contribution is 2.48. The number of ether oxygens (including phenoxy) is 1. The minimum Gasteiger partial charge on any atom is -0.508 e. The van der Waals surface area contributed by atoms with Gasteiger partial charge in [-0.05, 0) is 95.5 Å². The Balaban J connectivity index is 1.32. The quantitative estimate of drug-likeness (QED) is 0.381. The Bertz CT molecular complexity index is 1490. The highest BCUT2D eigenvalue weighted by atomic mass is 19.1. The molecular formula is C33H42FN5O3. The van der Waals surface area contributed by atoms with Crippen molar-refractivity contribution in [2.75, 3.05) is 38.2 Å². The molecule has 4 heterocycles. The number of pyridine rings is 1. The number of phenols is 1. The Labute approximate surface area is 246 Å². The average molecular weight is 576 g/mol. The molecule has 0 amide bonds. The molecule has 2 aliphatic carbocycles. The summed E-state index contributed by atoms with van der Waals surface area (Å²) in [5, 5.41) is 21.7. The van der Waals surface area contributed by atoms with Crippen molar-refractivity contribution in [3.05, 3.63) is 35.8 Å². The molecule has 8 nitrogen and oxygen atoms in total. The first-order valence-corrected chi connectivity index (χ1v) is 15.7. The monoisotopic (exact) mass is 575 g/mol. The van der Waals surface area contributed by atoms with Gasteiger partial charge in [-0.3, -0.25) is 4.98 Å². The normalized spacial score (nSPS) is 28.6. The molecule has 0 spiro atoms. The highest BCUT2D eigenvalue weighted by Gasteiger charge is 2.47. The summed E-state index contributed by atoms with van der Waals surface area (Å²) >= 11 is 0. The van der Waals surface area contributed by atoms with Gasteiger partial charge in [0.05, 0.1) is 17.6 Å². The second-order valence-corrected chi connectivity index (χ2v) is 13.6. The lowest BCUT2D eigenvalue weighted by molar-refractivity contribution is 0.0132. The van der Waals surface area contributed by atoms with E-state index in [4.69, 9.17) is 9.72 Å². The van der Waals surface area contributed by atoms with Crippen LogP contribution in [0.4, 0.5) is 10.2 Å². The number of hydrogen-bond acceptors (Lipinski definition) is 8. The van der Waals surface area contributed by atoms with Gasteiger partial charge < -0.3 is 24.7 Å². The van der Waals surface area contributed by atoms with E-state index in [9.17, 15) is 10.2 Å². The van der Waals surface area contributed by atoms with Crippen molar-refractivity contribution in [3.8, 4) is 23.0 Å². The van der Waals surface area contributed by atoms with Crippen LogP contribution < -0.4 is 9.64 Å². The van der Waals surface area contributed by atoms with Gasteiger partial charge in [0, 0.05) is 36.3 Å². The van der Waals surface area contributed by atoms with E-state index in [1.807, 2.05) is 17.9 Å². The number of rotatable bonds is 6. The van der Waals surface area contributed by atoms with E-state index in [1.165, 1.54) is 12.8 Å². The smallest absolute Gasteiger partial charge is 0.319 e. The predicted molar refractivity (Wildman–Crippen MR) is 160 cm³/mol. The van der Waals surface area contributed by atoms with Crippen molar-refractivity contribution in [2.45, 2.75) is 88.7 Å². The van der Waals surface area contributed by atoms with Crippen LogP contribution in [0.25, 0.3) is 22.2 Å². The number of anilines is 1. The van der Waals surface area contributed by atoms with Crippen molar-refractivity contribution < 1.29 is 19.3 Å². The van der Waals surface area contributed by atoms with Gasteiger partial charge in [-0.25, -0.2) is 4.39 Å². The van der Waals surface area contributed by atoms with Gasteiger partial charge in [-0.2, -0.15) is 9.97 Å². The molecule has 0 unspecified atom stereocenters. The van der Waals surface area contributed by atoms with Gasteiger partial charge in [-0.15, -0.1) is 0 Å². The summed E-state index contributed by atoms with van der Waals surface area (Å²) in [4.78, 5) is 18.6. The van der Waals surface area contributed by atoms with Gasteiger partial charge in [-0.1, -0.05) is 18.9 Å². The number of hydrogen-bond donors (Lipinski definition) is 2. The number of β-amino-alcohol motifs (C(OH)–C–C–N with tert-alkyl or cyclic N) is 1. The third kappa shape index (κ3) is 4.88. The van der Waals surface area contributed by atoms with Crippen LogP contribution in [0, 0.1) is 11.2 Å². The molecule has 7 rings (SSSR count). The van der Waals surface area contributed by atoms with Crippen LogP contribution in [-0.4, -0.2) is 75.0 Å². The Morgan fingerprint density at radius 1 is 1.05 bits per heavy atom. The first-order chi connectivity index (χ1) is 20.2. The first-order valence-electron chi connectivity index (χ1n) is 15.7. The summed E-state index contributed by atoms with van der Waals surface area (Å²) < 4.78 is 23.1. The van der Waals surface area contributed by atoms with E-state index in [0.29, 0.717) is 54.8 Å². The summed E-state index contributed by atoms with van der Waals surface area (Å²) in [5.74, 6) is 0.426. The number of phenolic OH excluding ortho intramolecular Hbond substituents is 1. The van der Waals surface area contributed by atoms with E-state index < -0.39 is 11.4 Å². The summed E-state index contributed by atoms with van der Waals surface area (Å²) in [5.41, 5.74) is 1.15. The maximum atomic E-state index is 16.6. The lowest BCUT2D eigenvalue weighted by Gasteiger charge is -2.44. The van der Waals surface area contributed by atoms with Crippen molar-refractivity contribution in [2.24, 2.45) is 5.41 Å². The van der Waals surface area contributed by atoms with Crippen molar-refractivity contribution >= 4 is 16.7 Å². The number of fused-ring (bicyclic) bond motifs is 2. The Hall–Kier alpha value is -3.04. The maximum absolute atomic E-state index is 16.6. The molecule has 2 aromatic heterocycles. The summed E-state index contributed by atoms with van der Waals surface area (Å²) in [6, 6.07) is 5.83. The standard InChI is InChI=1S/C33H42FN5O3/c1-32(41)12-5-16-39(19-32)30-25-18-35-28(24-17-22(40)10-11-23(24)21-7-3-8-21)27(34)29(25)36-31(37-30)42-20-33-13-4-9-26(33)38(2)15-6-14-33/h10-11,17-18,21,26,40-41H,3-9,12-16,19-20H2,1-2H3/t26-,32-,33-/m1/s1. The number of halogens is 1. The van der Waals surface area contributed by atoms with Crippen LogP contribution >= 0.6 is 0 Å².